The highest BCUT2D eigenvalue weighted by molar-refractivity contribution is 9.12. The van der Waals surface area contributed by atoms with E-state index in [4.69, 9.17) is 0 Å². The fourth-order valence-corrected chi connectivity index (χ4v) is 0.624. The Morgan fingerprint density at radius 1 is 1.55 bits per heavy atom. The van der Waals surface area contributed by atoms with Gasteiger partial charge >= 0.3 is 6.16 Å². The molecule has 0 aliphatic rings. The lowest BCUT2D eigenvalue weighted by atomic mass is 10.4. The van der Waals surface area contributed by atoms with Gasteiger partial charge in [0, 0.05) is 4.83 Å². The van der Waals surface area contributed by atoms with E-state index < -0.39 is 6.16 Å². The van der Waals surface area contributed by atoms with E-state index in [1.807, 2.05) is 6.92 Å². The topological polar surface area (TPSA) is 35.5 Å². The molecule has 0 aromatic carbocycles. The molecule has 5 heteroatoms. The Kier molecular flexibility index (Phi) is 5.95. The summed E-state index contributed by atoms with van der Waals surface area (Å²) in [5.74, 6) is 0. The predicted molar refractivity (Wildman–Crippen MR) is 49.5 cm³/mol. The molecule has 11 heavy (non-hydrogen) atoms. The summed E-state index contributed by atoms with van der Waals surface area (Å²) in [6.45, 7) is 2.26. The molecule has 0 spiro atoms. The minimum Gasteiger partial charge on any atom is -0.438 e. The summed E-state index contributed by atoms with van der Waals surface area (Å²) in [5, 5.41) is 0. The predicted octanol–water partition coefficient (Wildman–Crippen LogP) is 2.32. The largest absolute Gasteiger partial charge is 0.508 e. The van der Waals surface area contributed by atoms with Crippen molar-refractivity contribution in [3.05, 3.63) is 0 Å². The van der Waals surface area contributed by atoms with E-state index in [1.54, 1.807) is 0 Å². The molecule has 3 nitrogen and oxygen atoms in total. The average molecular weight is 290 g/mol. The van der Waals surface area contributed by atoms with E-state index in [9.17, 15) is 4.79 Å². The summed E-state index contributed by atoms with van der Waals surface area (Å²) < 4.78 is 8.96. The summed E-state index contributed by atoms with van der Waals surface area (Å²) in [7, 11) is 1.28. The highest BCUT2D eigenvalue weighted by atomic mass is 79.9. The Morgan fingerprint density at radius 3 is 2.45 bits per heavy atom. The number of carbonyl (C=O) groups is 1. The SMILES string of the molecule is COC(=O)OCC(Br)C(C)Br. The zero-order chi connectivity index (χ0) is 8.85. The van der Waals surface area contributed by atoms with Gasteiger partial charge in [0.1, 0.15) is 6.61 Å². The van der Waals surface area contributed by atoms with E-state index in [0.717, 1.165) is 0 Å². The molecule has 0 bridgehead atoms. The van der Waals surface area contributed by atoms with Gasteiger partial charge in [-0.1, -0.05) is 38.8 Å². The zero-order valence-electron chi connectivity index (χ0n) is 6.34. The standard InChI is InChI=1S/C6H10Br2O3/c1-4(7)5(8)3-11-6(9)10-2/h4-5H,3H2,1-2H3. The van der Waals surface area contributed by atoms with Crippen molar-refractivity contribution in [1.29, 1.82) is 0 Å². The number of hydrogen-bond acceptors (Lipinski definition) is 3. The molecule has 0 amide bonds. The number of ether oxygens (including phenoxy) is 2. The third kappa shape index (κ3) is 5.49. The van der Waals surface area contributed by atoms with Gasteiger partial charge in [-0.15, -0.1) is 0 Å². The lowest BCUT2D eigenvalue weighted by molar-refractivity contribution is 0.0736. The number of rotatable bonds is 3. The Bertz CT molecular complexity index is 127. The molecule has 2 unspecified atom stereocenters. The third-order valence-electron chi connectivity index (χ3n) is 1.03. The molecular weight excluding hydrogens is 280 g/mol. The Balaban J connectivity index is 3.45. The van der Waals surface area contributed by atoms with Crippen LogP contribution >= 0.6 is 31.9 Å². The normalized spacial score (nSPS) is 15.3. The summed E-state index contributed by atoms with van der Waals surface area (Å²) in [6, 6.07) is 0. The van der Waals surface area contributed by atoms with Gasteiger partial charge in [-0.25, -0.2) is 4.79 Å². The maximum absolute atomic E-state index is 10.5. The van der Waals surface area contributed by atoms with Crippen LogP contribution in [0, 0.1) is 0 Å². The van der Waals surface area contributed by atoms with E-state index in [2.05, 4.69) is 41.3 Å². The maximum Gasteiger partial charge on any atom is 0.508 e. The molecule has 0 saturated carbocycles. The monoisotopic (exact) mass is 288 g/mol. The van der Waals surface area contributed by atoms with Crippen molar-refractivity contribution in [2.45, 2.75) is 16.6 Å². The second-order valence-electron chi connectivity index (χ2n) is 1.96. The van der Waals surface area contributed by atoms with Crippen molar-refractivity contribution >= 4 is 38.0 Å². The Labute approximate surface area is 82.7 Å². The molecule has 66 valence electrons. The van der Waals surface area contributed by atoms with E-state index in [0.29, 0.717) is 6.61 Å². The number of carbonyl (C=O) groups excluding carboxylic acids is 1. The van der Waals surface area contributed by atoms with Crippen LogP contribution in [-0.4, -0.2) is 29.5 Å². The van der Waals surface area contributed by atoms with Crippen LogP contribution in [0.5, 0.6) is 0 Å². The molecule has 0 aromatic rings. The zero-order valence-corrected chi connectivity index (χ0v) is 9.51. The van der Waals surface area contributed by atoms with Crippen molar-refractivity contribution in [2.75, 3.05) is 13.7 Å². The number of hydrogen-bond donors (Lipinski definition) is 0. The minimum atomic E-state index is -0.650. The minimum absolute atomic E-state index is 0.113. The van der Waals surface area contributed by atoms with Gasteiger partial charge in [0.15, 0.2) is 0 Å². The van der Waals surface area contributed by atoms with Crippen LogP contribution < -0.4 is 0 Å². The van der Waals surface area contributed by atoms with Gasteiger partial charge < -0.3 is 9.47 Å². The fraction of sp³-hybridized carbons (Fsp3) is 0.833. The van der Waals surface area contributed by atoms with Crippen LogP contribution in [0.25, 0.3) is 0 Å². The molecule has 0 aliphatic carbocycles. The molecule has 0 N–H and O–H groups in total. The van der Waals surface area contributed by atoms with E-state index in [1.165, 1.54) is 7.11 Å². The molecule has 0 radical (unpaired) electrons. The van der Waals surface area contributed by atoms with Crippen LogP contribution in [0.2, 0.25) is 0 Å². The van der Waals surface area contributed by atoms with Crippen molar-refractivity contribution in [1.82, 2.24) is 0 Å². The second-order valence-corrected chi connectivity index (χ2v) is 4.58. The van der Waals surface area contributed by atoms with Crippen LogP contribution in [0.3, 0.4) is 0 Å². The molecule has 0 saturated heterocycles. The molecule has 2 atom stereocenters. The quantitative estimate of drug-likeness (QED) is 0.591. The maximum atomic E-state index is 10.5. The van der Waals surface area contributed by atoms with Crippen molar-refractivity contribution in [2.24, 2.45) is 0 Å². The van der Waals surface area contributed by atoms with E-state index >= 15 is 0 Å². The van der Waals surface area contributed by atoms with Gasteiger partial charge in [0.2, 0.25) is 0 Å². The van der Waals surface area contributed by atoms with Crippen LogP contribution in [0.4, 0.5) is 4.79 Å². The lowest BCUT2D eigenvalue weighted by Crippen LogP contribution is -2.19. The Morgan fingerprint density at radius 2 is 2.09 bits per heavy atom. The van der Waals surface area contributed by atoms with Gasteiger partial charge in [-0.2, -0.15) is 0 Å². The van der Waals surface area contributed by atoms with Crippen molar-refractivity contribution < 1.29 is 14.3 Å². The molecule has 0 fully saturated rings. The summed E-state index contributed by atoms with van der Waals surface area (Å²) in [5.41, 5.74) is 0. The first kappa shape index (κ1) is 11.2. The van der Waals surface area contributed by atoms with Gasteiger partial charge in [0.05, 0.1) is 11.9 Å². The molecular formula is C6H10Br2O3. The fourth-order valence-electron chi connectivity index (χ4n) is 0.339. The van der Waals surface area contributed by atoms with Gasteiger partial charge in [0.25, 0.3) is 0 Å². The van der Waals surface area contributed by atoms with Crippen LogP contribution in [0.1, 0.15) is 6.92 Å². The highest BCUT2D eigenvalue weighted by Gasteiger charge is 2.12. The molecule has 0 aliphatic heterocycles. The second kappa shape index (κ2) is 5.83. The van der Waals surface area contributed by atoms with Gasteiger partial charge in [-0.3, -0.25) is 0 Å². The highest BCUT2D eigenvalue weighted by Crippen LogP contribution is 2.13. The molecule has 0 heterocycles. The van der Waals surface area contributed by atoms with E-state index in [-0.39, 0.29) is 9.65 Å². The summed E-state index contributed by atoms with van der Waals surface area (Å²) in [6.07, 6.45) is -0.650. The van der Waals surface area contributed by atoms with Crippen LogP contribution in [-0.2, 0) is 9.47 Å². The van der Waals surface area contributed by atoms with Crippen molar-refractivity contribution in [3.63, 3.8) is 0 Å². The first-order valence-corrected chi connectivity index (χ1v) is 4.90. The summed E-state index contributed by atoms with van der Waals surface area (Å²) in [4.78, 5) is 10.8. The first-order chi connectivity index (χ1) is 5.07. The molecule has 0 rings (SSSR count). The van der Waals surface area contributed by atoms with Crippen molar-refractivity contribution in [3.8, 4) is 0 Å². The van der Waals surface area contributed by atoms with Gasteiger partial charge in [-0.05, 0) is 0 Å². The number of alkyl halides is 2. The first-order valence-electron chi connectivity index (χ1n) is 3.06. The Hall–Kier alpha value is 0.230. The number of methoxy groups -OCH3 is 1. The summed E-state index contributed by atoms with van der Waals surface area (Å²) >= 11 is 6.65. The average Bonchev–Trinajstić information content (AvgIpc) is 1.99. The smallest absolute Gasteiger partial charge is 0.438 e. The molecule has 0 aromatic heterocycles. The lowest BCUT2D eigenvalue weighted by Gasteiger charge is -2.11. The number of halogens is 2. The third-order valence-corrected chi connectivity index (χ3v) is 3.43. The van der Waals surface area contributed by atoms with Crippen LogP contribution in [0.15, 0.2) is 0 Å².